The van der Waals surface area contributed by atoms with Crippen molar-refractivity contribution < 1.29 is 0 Å². The molecule has 82 valence electrons. The molecule has 2 atom stereocenters. The number of hydrogen-bond acceptors (Lipinski definition) is 2. The van der Waals surface area contributed by atoms with Gasteiger partial charge >= 0.3 is 0 Å². The van der Waals surface area contributed by atoms with Gasteiger partial charge in [0, 0.05) is 18.3 Å². The lowest BCUT2D eigenvalue weighted by Gasteiger charge is -2.32. The molecule has 0 aliphatic carbocycles. The second-order valence-corrected chi connectivity index (χ2v) is 4.21. The van der Waals surface area contributed by atoms with Crippen molar-refractivity contribution in [2.45, 2.75) is 45.6 Å². The number of hydrogen-bond donors (Lipinski definition) is 2. The van der Waals surface area contributed by atoms with Crippen LogP contribution in [0, 0.1) is 5.92 Å². The first-order chi connectivity index (χ1) is 6.77. The van der Waals surface area contributed by atoms with Gasteiger partial charge in [-0.25, -0.2) is 0 Å². The third-order valence-corrected chi connectivity index (χ3v) is 3.25. The summed E-state index contributed by atoms with van der Waals surface area (Å²) in [6, 6.07) is 0.650. The summed E-state index contributed by atoms with van der Waals surface area (Å²) in [5.41, 5.74) is 1.16. The molecule has 2 unspecified atom stereocenters. The summed E-state index contributed by atoms with van der Waals surface area (Å²) >= 11 is 0. The smallest absolute Gasteiger partial charge is 0.0300 e. The summed E-state index contributed by atoms with van der Waals surface area (Å²) in [4.78, 5) is 0. The van der Waals surface area contributed by atoms with Gasteiger partial charge in [-0.15, -0.1) is 0 Å². The molecule has 1 saturated heterocycles. The monoisotopic (exact) mass is 196 g/mol. The van der Waals surface area contributed by atoms with Crippen molar-refractivity contribution in [1.82, 2.24) is 10.6 Å². The van der Waals surface area contributed by atoms with Crippen LogP contribution < -0.4 is 10.6 Å². The molecule has 2 N–H and O–H groups in total. The van der Waals surface area contributed by atoms with Gasteiger partial charge in [-0.05, 0) is 31.7 Å². The first-order valence-electron chi connectivity index (χ1n) is 5.93. The number of allylic oxidation sites excluding steroid dienone is 1. The Kier molecular flexibility index (Phi) is 5.02. The first-order valence-corrected chi connectivity index (χ1v) is 5.93. The fraction of sp³-hybridized carbons (Fsp3) is 0.833. The molecule has 1 fully saturated rings. The van der Waals surface area contributed by atoms with Crippen molar-refractivity contribution in [3.8, 4) is 0 Å². The second kappa shape index (κ2) is 6.07. The van der Waals surface area contributed by atoms with Crippen molar-refractivity contribution in [3.05, 3.63) is 12.3 Å². The molecule has 1 heterocycles. The first kappa shape index (κ1) is 11.6. The summed E-state index contributed by atoms with van der Waals surface area (Å²) in [5, 5.41) is 7.01. The molecule has 2 heteroatoms. The van der Waals surface area contributed by atoms with E-state index in [4.69, 9.17) is 0 Å². The van der Waals surface area contributed by atoms with Crippen LogP contribution in [0.25, 0.3) is 0 Å². The Morgan fingerprint density at radius 1 is 1.50 bits per heavy atom. The molecule has 0 aromatic heterocycles. The average molecular weight is 196 g/mol. The van der Waals surface area contributed by atoms with Crippen LogP contribution in [0.2, 0.25) is 0 Å². The van der Waals surface area contributed by atoms with Crippen LogP contribution in [-0.4, -0.2) is 19.1 Å². The Morgan fingerprint density at radius 3 is 2.93 bits per heavy atom. The molecule has 14 heavy (non-hydrogen) atoms. The summed E-state index contributed by atoms with van der Waals surface area (Å²) in [7, 11) is 0. The third kappa shape index (κ3) is 3.33. The molecular formula is C12H24N2. The van der Waals surface area contributed by atoms with Crippen LogP contribution in [0.15, 0.2) is 12.3 Å². The Hall–Kier alpha value is -0.500. The Morgan fingerprint density at radius 2 is 2.29 bits per heavy atom. The van der Waals surface area contributed by atoms with Gasteiger partial charge in [0.15, 0.2) is 0 Å². The van der Waals surface area contributed by atoms with E-state index in [2.05, 4.69) is 31.1 Å². The minimum Gasteiger partial charge on any atom is -0.387 e. The SMILES string of the molecule is C=C(CC)NCC1NCCCC1CC. The van der Waals surface area contributed by atoms with Gasteiger partial charge in [0.05, 0.1) is 0 Å². The number of nitrogens with one attached hydrogen (secondary N) is 2. The van der Waals surface area contributed by atoms with Crippen LogP contribution in [0.1, 0.15) is 39.5 Å². The topological polar surface area (TPSA) is 24.1 Å². The highest BCUT2D eigenvalue weighted by molar-refractivity contribution is 4.92. The fourth-order valence-electron chi connectivity index (χ4n) is 2.13. The maximum absolute atomic E-state index is 3.97. The van der Waals surface area contributed by atoms with Gasteiger partial charge in [-0.1, -0.05) is 26.8 Å². The molecule has 0 bridgehead atoms. The predicted molar refractivity (Wildman–Crippen MR) is 62.2 cm³/mol. The molecule has 1 rings (SSSR count). The maximum atomic E-state index is 3.97. The van der Waals surface area contributed by atoms with E-state index in [1.807, 2.05) is 0 Å². The molecular weight excluding hydrogens is 172 g/mol. The zero-order valence-electron chi connectivity index (χ0n) is 9.60. The lowest BCUT2D eigenvalue weighted by Crippen LogP contribution is -2.47. The Balaban J connectivity index is 2.29. The van der Waals surface area contributed by atoms with Crippen LogP contribution in [0.3, 0.4) is 0 Å². The van der Waals surface area contributed by atoms with Crippen molar-refractivity contribution in [1.29, 1.82) is 0 Å². The summed E-state index contributed by atoms with van der Waals surface area (Å²) in [5.74, 6) is 0.848. The highest BCUT2D eigenvalue weighted by atomic mass is 15.0. The largest absolute Gasteiger partial charge is 0.387 e. The van der Waals surface area contributed by atoms with Crippen LogP contribution >= 0.6 is 0 Å². The van der Waals surface area contributed by atoms with Crippen LogP contribution in [0.5, 0.6) is 0 Å². The predicted octanol–water partition coefficient (Wildman–Crippen LogP) is 2.28. The van der Waals surface area contributed by atoms with E-state index in [0.29, 0.717) is 6.04 Å². The lowest BCUT2D eigenvalue weighted by atomic mass is 9.88. The van der Waals surface area contributed by atoms with E-state index in [9.17, 15) is 0 Å². The summed E-state index contributed by atoms with van der Waals surface area (Å²) in [6.07, 6.45) is 5.04. The third-order valence-electron chi connectivity index (χ3n) is 3.25. The molecule has 0 spiro atoms. The van der Waals surface area contributed by atoms with E-state index < -0.39 is 0 Å². The number of piperidine rings is 1. The number of rotatable bonds is 5. The van der Waals surface area contributed by atoms with Gasteiger partial charge in [0.1, 0.15) is 0 Å². The zero-order valence-corrected chi connectivity index (χ0v) is 9.60. The van der Waals surface area contributed by atoms with Gasteiger partial charge in [-0.3, -0.25) is 0 Å². The molecule has 1 aliphatic rings. The summed E-state index contributed by atoms with van der Waals surface area (Å²) in [6.45, 7) is 10.6. The zero-order chi connectivity index (χ0) is 10.4. The minimum atomic E-state index is 0.650. The van der Waals surface area contributed by atoms with E-state index in [1.165, 1.54) is 25.8 Å². The van der Waals surface area contributed by atoms with Crippen molar-refractivity contribution >= 4 is 0 Å². The van der Waals surface area contributed by atoms with Crippen molar-refractivity contribution in [2.75, 3.05) is 13.1 Å². The van der Waals surface area contributed by atoms with E-state index in [1.54, 1.807) is 0 Å². The standard InChI is InChI=1S/C12H24N2/c1-4-10(3)14-9-12-11(5-2)7-6-8-13-12/h11-14H,3-9H2,1-2H3. The van der Waals surface area contributed by atoms with E-state index in [0.717, 1.165) is 24.6 Å². The molecule has 0 saturated carbocycles. The van der Waals surface area contributed by atoms with Gasteiger partial charge in [0.25, 0.3) is 0 Å². The normalized spacial score (nSPS) is 27.3. The summed E-state index contributed by atoms with van der Waals surface area (Å²) < 4.78 is 0. The fourth-order valence-corrected chi connectivity index (χ4v) is 2.13. The molecule has 2 nitrogen and oxygen atoms in total. The second-order valence-electron chi connectivity index (χ2n) is 4.21. The minimum absolute atomic E-state index is 0.650. The highest BCUT2D eigenvalue weighted by Gasteiger charge is 2.22. The lowest BCUT2D eigenvalue weighted by molar-refractivity contribution is 0.269. The van der Waals surface area contributed by atoms with Crippen molar-refractivity contribution in [3.63, 3.8) is 0 Å². The van der Waals surface area contributed by atoms with Gasteiger partial charge in [-0.2, -0.15) is 0 Å². The molecule has 1 aliphatic heterocycles. The quantitative estimate of drug-likeness (QED) is 0.705. The van der Waals surface area contributed by atoms with E-state index >= 15 is 0 Å². The molecule has 0 aromatic carbocycles. The average Bonchev–Trinajstić information content (AvgIpc) is 2.26. The van der Waals surface area contributed by atoms with Crippen LogP contribution in [0.4, 0.5) is 0 Å². The highest BCUT2D eigenvalue weighted by Crippen LogP contribution is 2.19. The Bertz CT molecular complexity index is 177. The van der Waals surface area contributed by atoms with Gasteiger partial charge in [0.2, 0.25) is 0 Å². The van der Waals surface area contributed by atoms with Crippen LogP contribution in [-0.2, 0) is 0 Å². The molecule has 0 radical (unpaired) electrons. The van der Waals surface area contributed by atoms with Gasteiger partial charge < -0.3 is 10.6 Å². The Labute approximate surface area is 88.2 Å². The molecule has 0 aromatic rings. The van der Waals surface area contributed by atoms with Crippen molar-refractivity contribution in [2.24, 2.45) is 5.92 Å². The maximum Gasteiger partial charge on any atom is 0.0300 e. The molecule has 0 amide bonds. The van der Waals surface area contributed by atoms with E-state index in [-0.39, 0.29) is 0 Å².